The first-order valence-corrected chi connectivity index (χ1v) is 4.35. The third-order valence-electron chi connectivity index (χ3n) is 2.19. The Morgan fingerprint density at radius 3 is 2.87 bits per heavy atom. The van der Waals surface area contributed by atoms with Gasteiger partial charge in [0.1, 0.15) is 5.75 Å². The standard InChI is InChI=1S/C11H9NO3/c1-15-8-3-2-7-5-12-6-10(11(13)14)9(7)4-8/h2-6H,1H3,(H,13,14)/p-1. The number of hydrogen-bond acceptors (Lipinski definition) is 4. The predicted molar refractivity (Wildman–Crippen MR) is 52.6 cm³/mol. The van der Waals surface area contributed by atoms with Crippen LogP contribution in [0.25, 0.3) is 10.8 Å². The van der Waals surface area contributed by atoms with Crippen LogP contribution >= 0.6 is 0 Å². The van der Waals surface area contributed by atoms with Gasteiger partial charge in [-0.05, 0) is 23.6 Å². The molecule has 0 saturated carbocycles. The maximum absolute atomic E-state index is 10.8. The lowest BCUT2D eigenvalue weighted by Gasteiger charge is -2.07. The van der Waals surface area contributed by atoms with Crippen molar-refractivity contribution >= 4 is 16.7 Å². The number of carbonyl (C=O) groups is 1. The molecule has 0 aliphatic carbocycles. The molecule has 4 heteroatoms. The van der Waals surface area contributed by atoms with Crippen LogP contribution in [0.2, 0.25) is 0 Å². The van der Waals surface area contributed by atoms with Crippen molar-refractivity contribution in [2.24, 2.45) is 0 Å². The summed E-state index contributed by atoms with van der Waals surface area (Å²) >= 11 is 0. The number of pyridine rings is 1. The molecule has 0 bridgehead atoms. The lowest BCUT2D eigenvalue weighted by molar-refractivity contribution is -0.254. The summed E-state index contributed by atoms with van der Waals surface area (Å²) in [4.78, 5) is 14.7. The monoisotopic (exact) mass is 202 g/mol. The minimum atomic E-state index is -1.23. The van der Waals surface area contributed by atoms with Crippen LogP contribution in [0.15, 0.2) is 30.6 Å². The first-order valence-electron chi connectivity index (χ1n) is 4.35. The van der Waals surface area contributed by atoms with E-state index in [1.165, 1.54) is 13.3 Å². The summed E-state index contributed by atoms with van der Waals surface area (Å²) in [6.45, 7) is 0. The predicted octanol–water partition coefficient (Wildman–Crippen LogP) is 0.607. The Morgan fingerprint density at radius 1 is 1.40 bits per heavy atom. The number of carboxylic acid groups (broad SMARTS) is 1. The van der Waals surface area contributed by atoms with Gasteiger partial charge in [0.2, 0.25) is 0 Å². The highest BCUT2D eigenvalue weighted by atomic mass is 16.5. The number of methoxy groups -OCH3 is 1. The average Bonchev–Trinajstić information content (AvgIpc) is 2.27. The normalized spacial score (nSPS) is 10.2. The quantitative estimate of drug-likeness (QED) is 0.715. The first-order chi connectivity index (χ1) is 7.22. The molecule has 0 aliphatic rings. The van der Waals surface area contributed by atoms with Crippen LogP contribution < -0.4 is 9.84 Å². The molecule has 0 N–H and O–H groups in total. The van der Waals surface area contributed by atoms with Gasteiger partial charge < -0.3 is 14.6 Å². The van der Waals surface area contributed by atoms with Crippen molar-refractivity contribution in [2.45, 2.75) is 0 Å². The Hall–Kier alpha value is -2.10. The summed E-state index contributed by atoms with van der Waals surface area (Å²) in [6.07, 6.45) is 2.87. The Morgan fingerprint density at radius 2 is 2.20 bits per heavy atom. The second-order valence-electron chi connectivity index (χ2n) is 3.06. The molecule has 1 aromatic carbocycles. The highest BCUT2D eigenvalue weighted by Crippen LogP contribution is 2.22. The SMILES string of the molecule is COc1ccc2cncc(C(=O)[O-])c2c1. The van der Waals surface area contributed by atoms with Crippen molar-refractivity contribution in [3.63, 3.8) is 0 Å². The van der Waals surface area contributed by atoms with Gasteiger partial charge in [0, 0.05) is 23.3 Å². The number of hydrogen-bond donors (Lipinski definition) is 0. The largest absolute Gasteiger partial charge is 0.545 e. The summed E-state index contributed by atoms with van der Waals surface area (Å²) in [6, 6.07) is 5.17. The van der Waals surface area contributed by atoms with E-state index in [4.69, 9.17) is 4.74 Å². The van der Waals surface area contributed by atoms with E-state index >= 15 is 0 Å². The van der Waals surface area contributed by atoms with E-state index in [0.717, 1.165) is 5.39 Å². The molecule has 0 fully saturated rings. The van der Waals surface area contributed by atoms with Crippen LogP contribution in [0.4, 0.5) is 0 Å². The molecular formula is C11H8NO3-. The van der Waals surface area contributed by atoms with Gasteiger partial charge in [-0.25, -0.2) is 0 Å². The summed E-state index contributed by atoms with van der Waals surface area (Å²) in [7, 11) is 1.53. The maximum Gasteiger partial charge on any atom is 0.119 e. The second-order valence-corrected chi connectivity index (χ2v) is 3.06. The molecule has 76 valence electrons. The summed E-state index contributed by atoms with van der Waals surface area (Å²) < 4.78 is 5.02. The van der Waals surface area contributed by atoms with Crippen LogP contribution in [0.3, 0.4) is 0 Å². The molecule has 0 radical (unpaired) electrons. The Kier molecular flexibility index (Phi) is 2.25. The zero-order valence-electron chi connectivity index (χ0n) is 8.06. The van der Waals surface area contributed by atoms with Crippen molar-refractivity contribution in [3.8, 4) is 5.75 Å². The smallest absolute Gasteiger partial charge is 0.119 e. The van der Waals surface area contributed by atoms with Crippen molar-refractivity contribution in [1.29, 1.82) is 0 Å². The van der Waals surface area contributed by atoms with Crippen molar-refractivity contribution in [2.75, 3.05) is 7.11 Å². The molecule has 0 spiro atoms. The fraction of sp³-hybridized carbons (Fsp3) is 0.0909. The molecule has 0 atom stereocenters. The molecular weight excluding hydrogens is 194 g/mol. The van der Waals surface area contributed by atoms with Gasteiger partial charge in [0.05, 0.1) is 13.1 Å². The number of aromatic nitrogens is 1. The van der Waals surface area contributed by atoms with Gasteiger partial charge in [-0.2, -0.15) is 0 Å². The van der Waals surface area contributed by atoms with Crippen LogP contribution in [0, 0.1) is 0 Å². The van der Waals surface area contributed by atoms with Crippen LogP contribution in [-0.4, -0.2) is 18.1 Å². The van der Waals surface area contributed by atoms with E-state index in [1.807, 2.05) is 0 Å². The molecule has 0 aliphatic heterocycles. The fourth-order valence-electron chi connectivity index (χ4n) is 1.43. The lowest BCUT2D eigenvalue weighted by Crippen LogP contribution is -2.22. The molecule has 1 aromatic heterocycles. The van der Waals surface area contributed by atoms with Crippen LogP contribution in [0.1, 0.15) is 10.4 Å². The molecule has 4 nitrogen and oxygen atoms in total. The number of aromatic carboxylic acids is 1. The van der Waals surface area contributed by atoms with Crippen LogP contribution in [0.5, 0.6) is 5.75 Å². The third kappa shape index (κ3) is 1.61. The van der Waals surface area contributed by atoms with E-state index in [2.05, 4.69) is 4.98 Å². The van der Waals surface area contributed by atoms with Crippen molar-refractivity contribution in [1.82, 2.24) is 4.98 Å². The molecule has 1 heterocycles. The van der Waals surface area contributed by atoms with E-state index in [9.17, 15) is 9.90 Å². The van der Waals surface area contributed by atoms with Gasteiger partial charge >= 0.3 is 0 Å². The molecule has 0 saturated heterocycles. The highest BCUT2D eigenvalue weighted by Gasteiger charge is 2.03. The van der Waals surface area contributed by atoms with E-state index in [0.29, 0.717) is 11.1 Å². The lowest BCUT2D eigenvalue weighted by atomic mass is 10.1. The zero-order valence-corrected chi connectivity index (χ0v) is 8.06. The van der Waals surface area contributed by atoms with E-state index in [1.54, 1.807) is 24.4 Å². The molecule has 0 amide bonds. The molecule has 2 rings (SSSR count). The van der Waals surface area contributed by atoms with Gasteiger partial charge in [-0.15, -0.1) is 0 Å². The Balaban J connectivity index is 2.76. The van der Waals surface area contributed by atoms with Gasteiger partial charge in [-0.1, -0.05) is 0 Å². The van der Waals surface area contributed by atoms with Crippen LogP contribution in [-0.2, 0) is 0 Å². The molecule has 0 unspecified atom stereocenters. The molecule has 15 heavy (non-hydrogen) atoms. The number of carbonyl (C=O) groups excluding carboxylic acids is 1. The number of fused-ring (bicyclic) bond motifs is 1. The second kappa shape index (κ2) is 3.57. The molecule has 2 aromatic rings. The Labute approximate surface area is 86.1 Å². The maximum atomic E-state index is 10.8. The number of ether oxygens (including phenoxy) is 1. The summed E-state index contributed by atoms with van der Waals surface area (Å²) in [5.41, 5.74) is 0.0754. The fourth-order valence-corrected chi connectivity index (χ4v) is 1.43. The first kappa shape index (κ1) is 9.45. The van der Waals surface area contributed by atoms with Gasteiger partial charge in [-0.3, -0.25) is 4.98 Å². The number of carboxylic acids is 1. The van der Waals surface area contributed by atoms with Crippen molar-refractivity contribution in [3.05, 3.63) is 36.2 Å². The topological polar surface area (TPSA) is 62.2 Å². The number of benzene rings is 1. The average molecular weight is 202 g/mol. The van der Waals surface area contributed by atoms with Crippen molar-refractivity contribution < 1.29 is 14.6 Å². The minimum Gasteiger partial charge on any atom is -0.545 e. The third-order valence-corrected chi connectivity index (χ3v) is 2.19. The summed E-state index contributed by atoms with van der Waals surface area (Å²) in [5.74, 6) is -0.627. The van der Waals surface area contributed by atoms with Gasteiger partial charge in [0.15, 0.2) is 0 Å². The minimum absolute atomic E-state index is 0.0754. The Bertz CT molecular complexity index is 522. The zero-order chi connectivity index (χ0) is 10.8. The number of rotatable bonds is 2. The van der Waals surface area contributed by atoms with E-state index in [-0.39, 0.29) is 5.56 Å². The highest BCUT2D eigenvalue weighted by molar-refractivity contribution is 6.02. The van der Waals surface area contributed by atoms with Gasteiger partial charge in [0.25, 0.3) is 0 Å². The van der Waals surface area contributed by atoms with E-state index < -0.39 is 5.97 Å². The summed E-state index contributed by atoms with van der Waals surface area (Å²) in [5, 5.41) is 12.1. The number of nitrogens with zero attached hydrogens (tertiary/aromatic N) is 1.